The van der Waals surface area contributed by atoms with Crippen molar-refractivity contribution >= 4 is 32.3 Å². The number of fused-ring (bicyclic) bond motifs is 1. The second-order valence-corrected chi connectivity index (χ2v) is 9.37. The molecule has 3 heterocycles. The molecule has 1 aromatic carbocycles. The van der Waals surface area contributed by atoms with Crippen molar-refractivity contribution in [3.8, 4) is 5.75 Å². The molecular weight excluding hydrogens is 380 g/mol. The normalized spacial score (nSPS) is 18.5. The van der Waals surface area contributed by atoms with Crippen LogP contribution in [0.5, 0.6) is 5.75 Å². The highest BCUT2D eigenvalue weighted by Gasteiger charge is 2.31. The lowest BCUT2D eigenvalue weighted by Crippen LogP contribution is -2.15. The van der Waals surface area contributed by atoms with Gasteiger partial charge in [0.05, 0.1) is 41.7 Å². The Morgan fingerprint density at radius 3 is 2.79 bits per heavy atom. The van der Waals surface area contributed by atoms with Crippen LogP contribution in [-0.4, -0.2) is 47.7 Å². The van der Waals surface area contributed by atoms with Crippen LogP contribution >= 0.6 is 0 Å². The number of nitrogens with one attached hydrogen (secondary N) is 2. The van der Waals surface area contributed by atoms with Gasteiger partial charge in [-0.3, -0.25) is 9.48 Å². The number of sulfone groups is 1. The van der Waals surface area contributed by atoms with E-state index in [4.69, 9.17) is 4.74 Å². The van der Waals surface area contributed by atoms with E-state index in [0.717, 1.165) is 22.3 Å². The molecule has 9 heteroatoms. The molecule has 0 bridgehead atoms. The fourth-order valence-electron chi connectivity index (χ4n) is 3.71. The molecule has 4 rings (SSSR count). The van der Waals surface area contributed by atoms with Gasteiger partial charge in [0.2, 0.25) is 0 Å². The van der Waals surface area contributed by atoms with Crippen LogP contribution in [0.1, 0.15) is 34.3 Å². The van der Waals surface area contributed by atoms with E-state index < -0.39 is 9.84 Å². The Hall–Kier alpha value is -2.81. The zero-order valence-corrected chi connectivity index (χ0v) is 16.8. The van der Waals surface area contributed by atoms with Gasteiger partial charge in [-0.05, 0) is 44.5 Å². The summed E-state index contributed by atoms with van der Waals surface area (Å²) in [4.78, 5) is 15.9. The first-order chi connectivity index (χ1) is 13.3. The third-order valence-corrected chi connectivity index (χ3v) is 6.94. The maximum absolute atomic E-state index is 12.8. The molecule has 148 valence electrons. The molecule has 1 aliphatic rings. The highest BCUT2D eigenvalue weighted by Crippen LogP contribution is 2.29. The number of hydrogen-bond acceptors (Lipinski definition) is 5. The standard InChI is InChI=1S/C19H22N4O4S/c1-11-18(12(2)23(22-11)14-6-7-28(25,26)10-14)21-19(24)17-9-13-8-15(27-3)4-5-16(13)20-17/h4-5,8-9,14,20H,6-7,10H2,1-3H3,(H,21,24). The number of amides is 1. The van der Waals surface area contributed by atoms with Crippen LogP contribution in [0.2, 0.25) is 0 Å². The van der Waals surface area contributed by atoms with Crippen LogP contribution in [0.15, 0.2) is 24.3 Å². The summed E-state index contributed by atoms with van der Waals surface area (Å²) in [5.41, 5.74) is 3.30. The van der Waals surface area contributed by atoms with Gasteiger partial charge < -0.3 is 15.0 Å². The molecule has 0 radical (unpaired) electrons. The number of aromatic nitrogens is 3. The molecule has 2 aromatic heterocycles. The van der Waals surface area contributed by atoms with Gasteiger partial charge in [-0.25, -0.2) is 8.42 Å². The van der Waals surface area contributed by atoms with Crippen molar-refractivity contribution in [1.29, 1.82) is 0 Å². The van der Waals surface area contributed by atoms with Crippen LogP contribution in [0.3, 0.4) is 0 Å². The Labute approximate surface area is 162 Å². The predicted molar refractivity (Wildman–Crippen MR) is 107 cm³/mol. The fraction of sp³-hybridized carbons (Fsp3) is 0.368. The highest BCUT2D eigenvalue weighted by atomic mass is 32.2. The molecule has 1 saturated heterocycles. The highest BCUT2D eigenvalue weighted by molar-refractivity contribution is 7.91. The minimum absolute atomic E-state index is 0.0895. The molecule has 1 fully saturated rings. The number of aromatic amines is 1. The summed E-state index contributed by atoms with van der Waals surface area (Å²) in [7, 11) is -1.42. The maximum Gasteiger partial charge on any atom is 0.272 e. The summed E-state index contributed by atoms with van der Waals surface area (Å²) in [5.74, 6) is 0.709. The zero-order valence-electron chi connectivity index (χ0n) is 15.9. The van der Waals surface area contributed by atoms with Crippen molar-refractivity contribution in [2.75, 3.05) is 23.9 Å². The van der Waals surface area contributed by atoms with E-state index in [-0.39, 0.29) is 23.5 Å². The topological polar surface area (TPSA) is 106 Å². The molecule has 1 aliphatic heterocycles. The molecule has 3 aromatic rings. The van der Waals surface area contributed by atoms with E-state index in [1.54, 1.807) is 24.8 Å². The first-order valence-electron chi connectivity index (χ1n) is 9.01. The summed E-state index contributed by atoms with van der Waals surface area (Å²) in [5, 5.41) is 8.27. The maximum atomic E-state index is 12.8. The van der Waals surface area contributed by atoms with Gasteiger partial charge in [0, 0.05) is 10.9 Å². The van der Waals surface area contributed by atoms with E-state index in [9.17, 15) is 13.2 Å². The van der Waals surface area contributed by atoms with Crippen molar-refractivity contribution in [3.63, 3.8) is 0 Å². The van der Waals surface area contributed by atoms with Gasteiger partial charge in [0.1, 0.15) is 11.4 Å². The quantitative estimate of drug-likeness (QED) is 0.698. The minimum Gasteiger partial charge on any atom is -0.497 e. The Balaban J connectivity index is 1.60. The molecule has 0 aliphatic carbocycles. The first-order valence-corrected chi connectivity index (χ1v) is 10.8. The summed E-state index contributed by atoms with van der Waals surface area (Å²) < 4.78 is 30.5. The van der Waals surface area contributed by atoms with Crippen molar-refractivity contribution in [2.24, 2.45) is 0 Å². The van der Waals surface area contributed by atoms with Crippen LogP contribution in [-0.2, 0) is 9.84 Å². The predicted octanol–water partition coefficient (Wildman–Crippen LogP) is 2.60. The average Bonchev–Trinajstić information content (AvgIpc) is 3.32. The van der Waals surface area contributed by atoms with Crippen LogP contribution < -0.4 is 10.1 Å². The average molecular weight is 402 g/mol. The second kappa shape index (κ2) is 6.66. The lowest BCUT2D eigenvalue weighted by Gasteiger charge is -2.11. The molecule has 1 amide bonds. The molecule has 1 unspecified atom stereocenters. The van der Waals surface area contributed by atoms with E-state index in [1.165, 1.54) is 0 Å². The molecule has 28 heavy (non-hydrogen) atoms. The monoisotopic (exact) mass is 402 g/mol. The number of carbonyl (C=O) groups excluding carboxylic acids is 1. The number of anilines is 1. The van der Waals surface area contributed by atoms with E-state index in [2.05, 4.69) is 15.4 Å². The number of nitrogens with zero attached hydrogens (tertiary/aromatic N) is 2. The van der Waals surface area contributed by atoms with Crippen molar-refractivity contribution in [1.82, 2.24) is 14.8 Å². The third kappa shape index (κ3) is 3.26. The molecule has 1 atom stereocenters. The van der Waals surface area contributed by atoms with Gasteiger partial charge in [-0.15, -0.1) is 0 Å². The van der Waals surface area contributed by atoms with Crippen molar-refractivity contribution in [2.45, 2.75) is 26.3 Å². The third-order valence-electron chi connectivity index (χ3n) is 5.19. The number of methoxy groups -OCH3 is 1. The Morgan fingerprint density at radius 1 is 1.32 bits per heavy atom. The number of benzene rings is 1. The molecule has 0 saturated carbocycles. The number of rotatable bonds is 4. The fourth-order valence-corrected chi connectivity index (χ4v) is 5.40. The number of H-pyrrole nitrogens is 1. The van der Waals surface area contributed by atoms with Gasteiger partial charge in [0.15, 0.2) is 9.84 Å². The summed E-state index contributed by atoms with van der Waals surface area (Å²) in [6.45, 7) is 3.65. The smallest absolute Gasteiger partial charge is 0.272 e. The summed E-state index contributed by atoms with van der Waals surface area (Å²) in [6.07, 6.45) is 0.543. The Kier molecular flexibility index (Phi) is 4.41. The number of carbonyl (C=O) groups is 1. The van der Waals surface area contributed by atoms with Gasteiger partial charge in [0.25, 0.3) is 5.91 Å². The molecular formula is C19H22N4O4S. The molecule has 8 nitrogen and oxygen atoms in total. The number of ether oxygens (including phenoxy) is 1. The lowest BCUT2D eigenvalue weighted by molar-refractivity contribution is 0.102. The Bertz CT molecular complexity index is 1180. The largest absolute Gasteiger partial charge is 0.497 e. The van der Waals surface area contributed by atoms with Crippen molar-refractivity contribution in [3.05, 3.63) is 41.3 Å². The second-order valence-electron chi connectivity index (χ2n) is 7.14. The van der Waals surface area contributed by atoms with Gasteiger partial charge >= 0.3 is 0 Å². The SMILES string of the molecule is COc1ccc2[nH]c(C(=O)Nc3c(C)nn(C4CCS(=O)(=O)C4)c3C)cc2c1. The lowest BCUT2D eigenvalue weighted by atomic mass is 10.2. The zero-order chi connectivity index (χ0) is 20.1. The van der Waals surface area contributed by atoms with E-state index in [1.807, 2.05) is 25.1 Å². The van der Waals surface area contributed by atoms with Crippen LogP contribution in [0, 0.1) is 13.8 Å². The van der Waals surface area contributed by atoms with Gasteiger partial charge in [-0.1, -0.05) is 0 Å². The Morgan fingerprint density at radius 2 is 2.11 bits per heavy atom. The molecule has 0 spiro atoms. The summed E-state index contributed by atoms with van der Waals surface area (Å²) >= 11 is 0. The number of hydrogen-bond donors (Lipinski definition) is 2. The molecule has 2 N–H and O–H groups in total. The van der Waals surface area contributed by atoms with Crippen molar-refractivity contribution < 1.29 is 17.9 Å². The first kappa shape index (κ1) is 18.5. The van der Waals surface area contributed by atoms with Crippen LogP contribution in [0.4, 0.5) is 5.69 Å². The van der Waals surface area contributed by atoms with Crippen LogP contribution in [0.25, 0.3) is 10.9 Å². The summed E-state index contributed by atoms with van der Waals surface area (Å²) in [6, 6.07) is 7.13. The number of aryl methyl sites for hydroxylation is 1. The minimum atomic E-state index is -3.01. The van der Waals surface area contributed by atoms with Gasteiger partial charge in [-0.2, -0.15) is 5.10 Å². The van der Waals surface area contributed by atoms with E-state index in [0.29, 0.717) is 23.5 Å². The van der Waals surface area contributed by atoms with E-state index >= 15 is 0 Å².